The van der Waals surface area contributed by atoms with E-state index in [1.807, 2.05) is 54.6 Å². The topological polar surface area (TPSA) is 64.9 Å². The Labute approximate surface area is 131 Å². The van der Waals surface area contributed by atoms with Gasteiger partial charge in [0.25, 0.3) is 0 Å². The van der Waals surface area contributed by atoms with Crippen LogP contribution in [0, 0.1) is 0 Å². The van der Waals surface area contributed by atoms with Crippen molar-refractivity contribution in [2.75, 3.05) is 0 Å². The summed E-state index contributed by atoms with van der Waals surface area (Å²) in [5, 5.41) is 4.00. The summed E-state index contributed by atoms with van der Waals surface area (Å²) in [5.41, 5.74) is 8.22. The second-order valence-electron chi connectivity index (χ2n) is 4.74. The van der Waals surface area contributed by atoms with Crippen LogP contribution in [-0.4, -0.2) is 10.1 Å². The zero-order valence-corrected chi connectivity index (χ0v) is 12.8. The molecule has 1 aromatic heterocycles. The molecular weight excluding hydrogens is 330 g/mol. The smallest absolute Gasteiger partial charge is 0.248 e. The highest BCUT2D eigenvalue weighted by Crippen LogP contribution is 2.18. The molecule has 1 heterocycles. The predicted molar refractivity (Wildman–Crippen MR) is 83.7 cm³/mol. The Morgan fingerprint density at radius 2 is 1.76 bits per heavy atom. The molecule has 3 rings (SSSR count). The quantitative estimate of drug-likeness (QED) is 0.787. The summed E-state index contributed by atoms with van der Waals surface area (Å²) in [6.45, 7) is 0. The van der Waals surface area contributed by atoms with Gasteiger partial charge in [-0.05, 0) is 23.3 Å². The van der Waals surface area contributed by atoms with E-state index >= 15 is 0 Å². The molecule has 21 heavy (non-hydrogen) atoms. The molecular formula is C16H14BrN3O. The molecule has 4 nitrogen and oxygen atoms in total. The first-order valence-corrected chi connectivity index (χ1v) is 7.39. The van der Waals surface area contributed by atoms with Crippen molar-refractivity contribution in [1.29, 1.82) is 0 Å². The molecule has 0 bridgehead atoms. The molecule has 0 radical (unpaired) electrons. The Balaban J connectivity index is 1.75. The zero-order chi connectivity index (χ0) is 14.7. The van der Waals surface area contributed by atoms with Gasteiger partial charge in [-0.2, -0.15) is 4.98 Å². The van der Waals surface area contributed by atoms with Gasteiger partial charge in [-0.15, -0.1) is 0 Å². The molecule has 0 aliphatic carbocycles. The lowest BCUT2D eigenvalue weighted by Crippen LogP contribution is -2.12. The average Bonchev–Trinajstić information content (AvgIpc) is 2.98. The van der Waals surface area contributed by atoms with Crippen molar-refractivity contribution in [3.8, 4) is 0 Å². The molecule has 0 spiro atoms. The second kappa shape index (κ2) is 6.20. The monoisotopic (exact) mass is 343 g/mol. The van der Waals surface area contributed by atoms with Crippen molar-refractivity contribution < 1.29 is 4.52 Å². The first-order valence-electron chi connectivity index (χ1n) is 6.60. The lowest BCUT2D eigenvalue weighted by atomic mass is 10.1. The fraction of sp³-hybridized carbons (Fsp3) is 0.125. The number of halogens is 1. The zero-order valence-electron chi connectivity index (χ0n) is 11.2. The van der Waals surface area contributed by atoms with Crippen molar-refractivity contribution >= 4 is 15.9 Å². The van der Waals surface area contributed by atoms with Crippen LogP contribution in [0.25, 0.3) is 0 Å². The standard InChI is InChI=1S/C16H14BrN3O/c17-13-8-6-11(7-9-13)10-14-19-16(21-20-14)15(18)12-4-2-1-3-5-12/h1-9,15H,10,18H2. The van der Waals surface area contributed by atoms with E-state index in [0.29, 0.717) is 18.1 Å². The van der Waals surface area contributed by atoms with Crippen molar-refractivity contribution in [2.45, 2.75) is 12.5 Å². The van der Waals surface area contributed by atoms with Crippen molar-refractivity contribution in [3.05, 3.63) is 81.9 Å². The summed E-state index contributed by atoms with van der Waals surface area (Å²) in [4.78, 5) is 4.39. The maximum Gasteiger partial charge on any atom is 0.248 e. The van der Waals surface area contributed by atoms with Crippen LogP contribution < -0.4 is 5.73 Å². The van der Waals surface area contributed by atoms with Gasteiger partial charge in [-0.1, -0.05) is 63.6 Å². The van der Waals surface area contributed by atoms with Crippen molar-refractivity contribution in [3.63, 3.8) is 0 Å². The molecule has 0 saturated carbocycles. The van der Waals surface area contributed by atoms with Crippen LogP contribution in [0.3, 0.4) is 0 Å². The van der Waals surface area contributed by atoms with Gasteiger partial charge >= 0.3 is 0 Å². The van der Waals surface area contributed by atoms with E-state index in [1.54, 1.807) is 0 Å². The molecule has 3 aromatic rings. The lowest BCUT2D eigenvalue weighted by molar-refractivity contribution is 0.363. The maximum atomic E-state index is 6.14. The van der Waals surface area contributed by atoms with Crippen molar-refractivity contribution in [1.82, 2.24) is 10.1 Å². The second-order valence-corrected chi connectivity index (χ2v) is 5.66. The molecule has 0 aliphatic heterocycles. The number of nitrogens with zero attached hydrogens (tertiary/aromatic N) is 2. The molecule has 0 amide bonds. The summed E-state index contributed by atoms with van der Waals surface area (Å²) in [6.07, 6.45) is 0.623. The number of hydrogen-bond donors (Lipinski definition) is 1. The first kappa shape index (κ1) is 14.0. The van der Waals surface area contributed by atoms with E-state index in [9.17, 15) is 0 Å². The summed E-state index contributed by atoms with van der Waals surface area (Å²) in [6, 6.07) is 17.4. The summed E-state index contributed by atoms with van der Waals surface area (Å²) >= 11 is 3.41. The van der Waals surface area contributed by atoms with Gasteiger partial charge in [0.15, 0.2) is 5.82 Å². The minimum atomic E-state index is -0.391. The predicted octanol–water partition coefficient (Wildman–Crippen LogP) is 3.47. The third-order valence-corrected chi connectivity index (χ3v) is 3.71. The van der Waals surface area contributed by atoms with E-state index < -0.39 is 6.04 Å². The number of aromatic nitrogens is 2. The largest absolute Gasteiger partial charge is 0.337 e. The molecule has 0 saturated heterocycles. The van der Waals surface area contributed by atoms with Gasteiger partial charge in [-0.25, -0.2) is 0 Å². The Morgan fingerprint density at radius 3 is 2.48 bits per heavy atom. The third-order valence-electron chi connectivity index (χ3n) is 3.18. The van der Waals surface area contributed by atoms with E-state index in [2.05, 4.69) is 26.1 Å². The van der Waals surface area contributed by atoms with Crippen LogP contribution >= 0.6 is 15.9 Å². The lowest BCUT2D eigenvalue weighted by Gasteiger charge is -2.05. The van der Waals surface area contributed by atoms with Crippen LogP contribution in [0.1, 0.15) is 28.9 Å². The molecule has 0 aliphatic rings. The number of rotatable bonds is 4. The average molecular weight is 344 g/mol. The molecule has 1 unspecified atom stereocenters. The van der Waals surface area contributed by atoms with E-state index in [0.717, 1.165) is 15.6 Å². The van der Waals surface area contributed by atoms with Gasteiger partial charge in [-0.3, -0.25) is 0 Å². The highest BCUT2D eigenvalue weighted by molar-refractivity contribution is 9.10. The minimum absolute atomic E-state index is 0.391. The van der Waals surface area contributed by atoms with Gasteiger partial charge in [0.2, 0.25) is 5.89 Å². The molecule has 5 heteroatoms. The highest BCUT2D eigenvalue weighted by Gasteiger charge is 2.16. The molecule has 2 aromatic carbocycles. The molecule has 2 N–H and O–H groups in total. The molecule has 106 valence electrons. The van der Waals surface area contributed by atoms with Gasteiger partial charge < -0.3 is 10.3 Å². The molecule has 0 fully saturated rings. The normalized spacial score (nSPS) is 12.3. The van der Waals surface area contributed by atoms with E-state index in [4.69, 9.17) is 10.3 Å². The number of hydrogen-bond acceptors (Lipinski definition) is 4. The van der Waals surface area contributed by atoms with Gasteiger partial charge in [0.1, 0.15) is 6.04 Å². The van der Waals surface area contributed by atoms with Crippen LogP contribution in [0.2, 0.25) is 0 Å². The Bertz CT molecular complexity index is 710. The Hall–Kier alpha value is -1.98. The minimum Gasteiger partial charge on any atom is -0.337 e. The van der Waals surface area contributed by atoms with Crippen LogP contribution in [0.5, 0.6) is 0 Å². The maximum absolute atomic E-state index is 6.14. The van der Waals surface area contributed by atoms with Crippen LogP contribution in [0.4, 0.5) is 0 Å². The summed E-state index contributed by atoms with van der Waals surface area (Å²) in [7, 11) is 0. The third kappa shape index (κ3) is 3.37. The summed E-state index contributed by atoms with van der Waals surface area (Å²) in [5.74, 6) is 1.08. The first-order chi connectivity index (χ1) is 10.2. The van der Waals surface area contributed by atoms with Crippen LogP contribution in [0.15, 0.2) is 63.6 Å². The highest BCUT2D eigenvalue weighted by atomic mass is 79.9. The van der Waals surface area contributed by atoms with Gasteiger partial charge in [0, 0.05) is 10.9 Å². The summed E-state index contributed by atoms with van der Waals surface area (Å²) < 4.78 is 6.33. The van der Waals surface area contributed by atoms with E-state index in [-0.39, 0.29) is 0 Å². The fourth-order valence-electron chi connectivity index (χ4n) is 2.05. The van der Waals surface area contributed by atoms with Crippen molar-refractivity contribution in [2.24, 2.45) is 5.73 Å². The van der Waals surface area contributed by atoms with Crippen LogP contribution in [-0.2, 0) is 6.42 Å². The molecule has 1 atom stereocenters. The SMILES string of the molecule is NC(c1ccccc1)c1nc(Cc2ccc(Br)cc2)no1. The number of benzene rings is 2. The Morgan fingerprint density at radius 1 is 1.05 bits per heavy atom. The Kier molecular flexibility index (Phi) is 4.13. The van der Waals surface area contributed by atoms with E-state index in [1.165, 1.54) is 0 Å². The number of nitrogens with two attached hydrogens (primary N) is 1. The fourth-order valence-corrected chi connectivity index (χ4v) is 2.32. The van der Waals surface area contributed by atoms with Gasteiger partial charge in [0.05, 0.1) is 0 Å².